The highest BCUT2D eigenvalue weighted by Gasteiger charge is 2.19. The van der Waals surface area contributed by atoms with Gasteiger partial charge in [0, 0.05) is 29.4 Å². The molecular formula is C24H22N6O5S. The number of aryl methyl sites for hydroxylation is 1. The minimum Gasteiger partial charge on any atom is -0.465 e. The molecule has 2 aromatic carbocycles. The Labute approximate surface area is 206 Å². The monoisotopic (exact) mass is 506 g/mol. The van der Waals surface area contributed by atoms with Crippen molar-refractivity contribution in [2.24, 2.45) is 0 Å². The molecule has 0 saturated heterocycles. The van der Waals surface area contributed by atoms with E-state index in [2.05, 4.69) is 26.2 Å². The van der Waals surface area contributed by atoms with Gasteiger partial charge in [0.05, 0.1) is 28.3 Å². The number of sulfonamides is 1. The molecule has 0 saturated carbocycles. The normalized spacial score (nSPS) is 11.1. The number of nitrogens with zero attached hydrogens (tertiary/aromatic N) is 3. The Morgan fingerprint density at radius 3 is 2.61 bits per heavy atom. The van der Waals surface area contributed by atoms with E-state index in [9.17, 15) is 23.3 Å². The van der Waals surface area contributed by atoms with Crippen LogP contribution in [-0.4, -0.2) is 41.7 Å². The van der Waals surface area contributed by atoms with Crippen molar-refractivity contribution in [3.05, 3.63) is 71.5 Å². The first-order chi connectivity index (χ1) is 17.2. The number of hydrogen-bond acceptors (Lipinski definition) is 7. The summed E-state index contributed by atoms with van der Waals surface area (Å²) >= 11 is 0. The van der Waals surface area contributed by atoms with Gasteiger partial charge in [-0.25, -0.2) is 8.42 Å². The third-order valence-corrected chi connectivity index (χ3v) is 6.70. The molecule has 4 rings (SSSR count). The minimum atomic E-state index is -3.97. The van der Waals surface area contributed by atoms with Crippen molar-refractivity contribution >= 4 is 44.3 Å². The van der Waals surface area contributed by atoms with E-state index < -0.39 is 21.9 Å². The summed E-state index contributed by atoms with van der Waals surface area (Å²) in [4.78, 5) is 27.0. The molecule has 2 aromatic heterocycles. The molecule has 4 aromatic rings. The van der Waals surface area contributed by atoms with Gasteiger partial charge >= 0.3 is 5.97 Å². The van der Waals surface area contributed by atoms with Crippen LogP contribution < -0.4 is 10.0 Å². The van der Waals surface area contributed by atoms with Gasteiger partial charge in [0.25, 0.3) is 15.9 Å². The number of hydrogen-bond donors (Lipinski definition) is 3. The number of ether oxygens (including phenoxy) is 1. The van der Waals surface area contributed by atoms with Gasteiger partial charge in [-0.05, 0) is 49.7 Å². The number of fused-ring (bicyclic) bond motifs is 1. The lowest BCUT2D eigenvalue weighted by Crippen LogP contribution is -2.16. The minimum absolute atomic E-state index is 0.0430. The Morgan fingerprint density at radius 2 is 1.92 bits per heavy atom. The number of carbonyl (C=O) groups is 2. The summed E-state index contributed by atoms with van der Waals surface area (Å²) in [6.07, 6.45) is 3.06. The SMILES string of the molecule is CCOC(=O)Cn1ccc(NC(=O)c2ccc(S(=O)(=O)Nc3ccc(C)c4c(C#N)c[nH]c34)cc2)n1. The fourth-order valence-corrected chi connectivity index (χ4v) is 4.70. The molecular weight excluding hydrogens is 484 g/mol. The maximum atomic E-state index is 13.0. The quantitative estimate of drug-likeness (QED) is 0.310. The van der Waals surface area contributed by atoms with Gasteiger partial charge in [-0.3, -0.25) is 19.0 Å². The van der Waals surface area contributed by atoms with Crippen molar-refractivity contribution < 1.29 is 22.7 Å². The molecule has 2 heterocycles. The van der Waals surface area contributed by atoms with E-state index in [0.717, 1.165) is 5.56 Å². The molecule has 0 fully saturated rings. The number of nitrogens with one attached hydrogen (secondary N) is 3. The zero-order chi connectivity index (χ0) is 25.9. The van der Waals surface area contributed by atoms with Crippen LogP contribution in [0.5, 0.6) is 0 Å². The standard InChI is InChI=1S/C24H22N6O5S/c1-3-35-21(31)14-30-11-10-20(28-30)27-24(32)16-5-7-18(8-6-16)36(33,34)29-19-9-4-15(2)22-17(12-25)13-26-23(19)22/h4-11,13,26,29H,3,14H2,1-2H3,(H,27,28,32). The predicted molar refractivity (Wildman–Crippen MR) is 132 cm³/mol. The van der Waals surface area contributed by atoms with E-state index in [1.807, 2.05) is 6.92 Å². The van der Waals surface area contributed by atoms with Gasteiger partial charge in [0.2, 0.25) is 0 Å². The zero-order valence-electron chi connectivity index (χ0n) is 19.4. The van der Waals surface area contributed by atoms with Gasteiger partial charge in [-0.1, -0.05) is 6.07 Å². The average molecular weight is 507 g/mol. The van der Waals surface area contributed by atoms with Gasteiger partial charge in [-0.2, -0.15) is 10.4 Å². The highest BCUT2D eigenvalue weighted by atomic mass is 32.2. The number of anilines is 2. The molecule has 0 aliphatic carbocycles. The van der Waals surface area contributed by atoms with Crippen LogP contribution >= 0.6 is 0 Å². The van der Waals surface area contributed by atoms with Gasteiger partial charge in [-0.15, -0.1) is 0 Å². The average Bonchev–Trinajstić information content (AvgIpc) is 3.48. The van der Waals surface area contributed by atoms with E-state index in [-0.39, 0.29) is 29.4 Å². The maximum absolute atomic E-state index is 13.0. The first-order valence-electron chi connectivity index (χ1n) is 10.9. The Balaban J connectivity index is 1.47. The van der Waals surface area contributed by atoms with Crippen LogP contribution in [0.3, 0.4) is 0 Å². The van der Waals surface area contributed by atoms with Crippen molar-refractivity contribution in [3.8, 4) is 6.07 Å². The fourth-order valence-electron chi connectivity index (χ4n) is 3.63. The smallest absolute Gasteiger partial charge is 0.327 e. The highest BCUT2D eigenvalue weighted by molar-refractivity contribution is 7.92. The largest absolute Gasteiger partial charge is 0.465 e. The number of benzene rings is 2. The fraction of sp³-hybridized carbons (Fsp3) is 0.167. The molecule has 12 heteroatoms. The van der Waals surface area contributed by atoms with Crippen LogP contribution in [0.25, 0.3) is 10.9 Å². The second-order valence-electron chi connectivity index (χ2n) is 7.78. The highest BCUT2D eigenvalue weighted by Crippen LogP contribution is 2.30. The number of H-pyrrole nitrogens is 1. The van der Waals surface area contributed by atoms with E-state index in [0.29, 0.717) is 22.2 Å². The Kier molecular flexibility index (Phi) is 6.75. The maximum Gasteiger partial charge on any atom is 0.327 e. The van der Waals surface area contributed by atoms with Gasteiger partial charge < -0.3 is 15.0 Å². The molecule has 0 aliphatic rings. The Morgan fingerprint density at radius 1 is 1.17 bits per heavy atom. The number of esters is 1. The Hall–Kier alpha value is -4.63. The second kappa shape index (κ2) is 9.93. The predicted octanol–water partition coefficient (Wildman–Crippen LogP) is 3.16. The molecule has 0 atom stereocenters. The molecule has 0 bridgehead atoms. The summed E-state index contributed by atoms with van der Waals surface area (Å²) in [5.74, 6) is -0.713. The second-order valence-corrected chi connectivity index (χ2v) is 9.46. The molecule has 1 amide bonds. The van der Waals surface area contributed by atoms with Crippen LogP contribution in [-0.2, 0) is 26.1 Å². The first kappa shape index (κ1) is 24.5. The number of aromatic nitrogens is 3. The van der Waals surface area contributed by atoms with Crippen molar-refractivity contribution in [3.63, 3.8) is 0 Å². The summed E-state index contributed by atoms with van der Waals surface area (Å²) < 4.78 is 34.7. The molecule has 3 N–H and O–H groups in total. The zero-order valence-corrected chi connectivity index (χ0v) is 20.2. The van der Waals surface area contributed by atoms with Crippen LogP contribution in [0.4, 0.5) is 11.5 Å². The molecule has 0 radical (unpaired) electrons. The molecule has 0 unspecified atom stereocenters. The van der Waals surface area contributed by atoms with E-state index in [1.165, 1.54) is 47.4 Å². The number of nitriles is 1. The molecule has 0 spiro atoms. The lowest BCUT2D eigenvalue weighted by atomic mass is 10.1. The summed E-state index contributed by atoms with van der Waals surface area (Å²) in [6, 6.07) is 12.4. The van der Waals surface area contributed by atoms with Crippen LogP contribution in [0.2, 0.25) is 0 Å². The van der Waals surface area contributed by atoms with Crippen LogP contribution in [0.15, 0.2) is 59.8 Å². The molecule has 184 valence electrons. The van der Waals surface area contributed by atoms with Gasteiger partial charge in [0.15, 0.2) is 5.82 Å². The van der Waals surface area contributed by atoms with E-state index in [1.54, 1.807) is 19.1 Å². The number of amides is 1. The van der Waals surface area contributed by atoms with Crippen molar-refractivity contribution in [2.75, 3.05) is 16.6 Å². The summed E-state index contributed by atoms with van der Waals surface area (Å²) in [6.45, 7) is 3.71. The summed E-state index contributed by atoms with van der Waals surface area (Å²) in [5, 5.41) is 16.6. The lowest BCUT2D eigenvalue weighted by molar-refractivity contribution is -0.144. The van der Waals surface area contributed by atoms with Crippen LogP contribution in [0, 0.1) is 18.3 Å². The number of rotatable bonds is 8. The third kappa shape index (κ3) is 5.06. The van der Waals surface area contributed by atoms with Crippen LogP contribution in [0.1, 0.15) is 28.4 Å². The number of aromatic amines is 1. The van der Waals surface area contributed by atoms with Gasteiger partial charge in [0.1, 0.15) is 12.6 Å². The third-order valence-electron chi connectivity index (χ3n) is 5.31. The van der Waals surface area contributed by atoms with Crippen molar-refractivity contribution in [1.29, 1.82) is 5.26 Å². The summed E-state index contributed by atoms with van der Waals surface area (Å²) in [5.41, 5.74) is 2.29. The Bertz CT molecular complexity index is 1600. The van der Waals surface area contributed by atoms with Crippen molar-refractivity contribution in [2.45, 2.75) is 25.3 Å². The van der Waals surface area contributed by atoms with E-state index in [4.69, 9.17) is 4.74 Å². The molecule has 36 heavy (non-hydrogen) atoms. The topological polar surface area (TPSA) is 159 Å². The summed E-state index contributed by atoms with van der Waals surface area (Å²) in [7, 11) is -3.97. The number of carbonyl (C=O) groups excluding carboxylic acids is 2. The van der Waals surface area contributed by atoms with Crippen molar-refractivity contribution in [1.82, 2.24) is 14.8 Å². The van der Waals surface area contributed by atoms with E-state index >= 15 is 0 Å². The molecule has 0 aliphatic heterocycles. The lowest BCUT2D eigenvalue weighted by Gasteiger charge is -2.11. The molecule has 11 nitrogen and oxygen atoms in total. The first-order valence-corrected chi connectivity index (χ1v) is 12.3.